The molecule has 7 nitrogen and oxygen atoms in total. The molecule has 0 spiro atoms. The van der Waals surface area contributed by atoms with Crippen molar-refractivity contribution >= 4 is 39.1 Å². The summed E-state index contributed by atoms with van der Waals surface area (Å²) in [6.07, 6.45) is 2.32. The van der Waals surface area contributed by atoms with Gasteiger partial charge in [-0.15, -0.1) is 0 Å². The second-order valence-electron chi connectivity index (χ2n) is 9.31. The van der Waals surface area contributed by atoms with Crippen LogP contribution in [0.25, 0.3) is 0 Å². The highest BCUT2D eigenvalue weighted by molar-refractivity contribution is 7.92. The Morgan fingerprint density at radius 3 is 2.31 bits per heavy atom. The third kappa shape index (κ3) is 8.23. The molecule has 0 saturated carbocycles. The number of nitrogens with zero attached hydrogens (tertiary/aromatic N) is 2. The lowest BCUT2D eigenvalue weighted by molar-refractivity contribution is -0.140. The normalized spacial score (nSPS) is 13.1. The van der Waals surface area contributed by atoms with Gasteiger partial charge in [0.15, 0.2) is 0 Å². The third-order valence-corrected chi connectivity index (χ3v) is 7.96. The summed E-state index contributed by atoms with van der Waals surface area (Å²) in [5.41, 5.74) is 3.37. The molecule has 2 aromatic rings. The van der Waals surface area contributed by atoms with Crippen LogP contribution in [0.5, 0.6) is 0 Å². The molecular weight excluding hydrogens is 498 g/mol. The van der Waals surface area contributed by atoms with Crippen molar-refractivity contribution in [1.82, 2.24) is 10.2 Å². The van der Waals surface area contributed by atoms with E-state index in [-0.39, 0.29) is 37.4 Å². The van der Waals surface area contributed by atoms with Crippen molar-refractivity contribution in [1.29, 1.82) is 0 Å². The number of sulfonamides is 1. The van der Waals surface area contributed by atoms with Crippen molar-refractivity contribution in [2.75, 3.05) is 17.1 Å². The minimum absolute atomic E-state index is 0.0153. The average Bonchev–Trinajstić information content (AvgIpc) is 2.81. The molecule has 0 aliphatic heterocycles. The van der Waals surface area contributed by atoms with E-state index in [0.29, 0.717) is 17.1 Å². The predicted octanol–water partition coefficient (Wildman–Crippen LogP) is 4.84. The average molecular weight is 536 g/mol. The SMILES string of the molecule is CC[C@H](C)NC(=O)[C@H](C)N(Cc1ccccc1Cl)C(=O)CCCN(c1ccc(C)c(C)c1)S(C)(=O)=O. The van der Waals surface area contributed by atoms with E-state index in [2.05, 4.69) is 5.32 Å². The Labute approximate surface area is 220 Å². The number of hydrogen-bond acceptors (Lipinski definition) is 4. The quantitative estimate of drug-likeness (QED) is 0.421. The van der Waals surface area contributed by atoms with E-state index in [1.54, 1.807) is 19.1 Å². The zero-order valence-corrected chi connectivity index (χ0v) is 23.6. The van der Waals surface area contributed by atoms with Gasteiger partial charge in [0.2, 0.25) is 21.8 Å². The van der Waals surface area contributed by atoms with Crippen molar-refractivity contribution < 1.29 is 18.0 Å². The van der Waals surface area contributed by atoms with Gasteiger partial charge in [-0.2, -0.15) is 0 Å². The van der Waals surface area contributed by atoms with Gasteiger partial charge in [-0.1, -0.05) is 42.8 Å². The lowest BCUT2D eigenvalue weighted by Crippen LogP contribution is -2.49. The highest BCUT2D eigenvalue weighted by atomic mass is 35.5. The molecule has 1 N–H and O–H groups in total. The van der Waals surface area contributed by atoms with Crippen LogP contribution in [0.3, 0.4) is 0 Å². The molecular formula is C27H38ClN3O4S. The van der Waals surface area contributed by atoms with Crippen LogP contribution in [0.15, 0.2) is 42.5 Å². The van der Waals surface area contributed by atoms with E-state index >= 15 is 0 Å². The van der Waals surface area contributed by atoms with Crippen LogP contribution in [0, 0.1) is 13.8 Å². The fourth-order valence-electron chi connectivity index (χ4n) is 3.74. The van der Waals surface area contributed by atoms with Gasteiger partial charge in [0.05, 0.1) is 11.9 Å². The van der Waals surface area contributed by atoms with Crippen molar-refractivity contribution in [3.8, 4) is 0 Å². The minimum atomic E-state index is -3.54. The lowest BCUT2D eigenvalue weighted by Gasteiger charge is -2.30. The molecule has 2 atom stereocenters. The molecule has 198 valence electrons. The van der Waals surface area contributed by atoms with Gasteiger partial charge >= 0.3 is 0 Å². The highest BCUT2D eigenvalue weighted by Crippen LogP contribution is 2.23. The zero-order chi connectivity index (χ0) is 27.0. The van der Waals surface area contributed by atoms with Gasteiger partial charge in [0.25, 0.3) is 0 Å². The third-order valence-electron chi connectivity index (χ3n) is 6.40. The van der Waals surface area contributed by atoms with Crippen LogP contribution in [0.1, 0.15) is 56.7 Å². The van der Waals surface area contributed by atoms with Crippen molar-refractivity contribution in [2.45, 2.75) is 72.5 Å². The summed E-state index contributed by atoms with van der Waals surface area (Å²) in [4.78, 5) is 27.7. The molecule has 0 aliphatic rings. The smallest absolute Gasteiger partial charge is 0.242 e. The van der Waals surface area contributed by atoms with Gasteiger partial charge in [-0.05, 0) is 75.4 Å². The number of carbonyl (C=O) groups excluding carboxylic acids is 2. The summed E-state index contributed by atoms with van der Waals surface area (Å²) in [7, 11) is -3.54. The summed E-state index contributed by atoms with van der Waals surface area (Å²) in [6.45, 7) is 9.82. The molecule has 0 heterocycles. The molecule has 0 unspecified atom stereocenters. The number of hydrogen-bond donors (Lipinski definition) is 1. The van der Waals surface area contributed by atoms with Gasteiger partial charge in [0.1, 0.15) is 6.04 Å². The molecule has 2 aromatic carbocycles. The molecule has 9 heteroatoms. The van der Waals surface area contributed by atoms with Gasteiger partial charge in [-0.25, -0.2) is 8.42 Å². The Hall–Kier alpha value is -2.58. The van der Waals surface area contributed by atoms with Gasteiger partial charge in [-0.3, -0.25) is 13.9 Å². The number of nitrogens with one attached hydrogen (secondary N) is 1. The van der Waals surface area contributed by atoms with E-state index in [9.17, 15) is 18.0 Å². The number of aryl methyl sites for hydroxylation is 2. The van der Waals surface area contributed by atoms with Crippen molar-refractivity contribution in [3.05, 3.63) is 64.2 Å². The second-order valence-corrected chi connectivity index (χ2v) is 11.6. The standard InChI is InChI=1S/C27H38ClN3O4S/c1-7-21(4)29-27(33)22(5)30(18-23-11-8-9-12-25(23)28)26(32)13-10-16-31(36(6,34)35)24-15-14-19(2)20(3)17-24/h8-9,11-12,14-15,17,21-22H,7,10,13,16,18H2,1-6H3,(H,29,33)/t21-,22-/m0/s1. The number of halogens is 1. The Morgan fingerprint density at radius 2 is 1.72 bits per heavy atom. The Morgan fingerprint density at radius 1 is 1.06 bits per heavy atom. The second kappa shape index (κ2) is 13.1. The van der Waals surface area contributed by atoms with E-state index in [1.165, 1.54) is 9.21 Å². The first-order chi connectivity index (χ1) is 16.8. The summed E-state index contributed by atoms with van der Waals surface area (Å²) in [6, 6.07) is 12.0. The first-order valence-electron chi connectivity index (χ1n) is 12.2. The number of carbonyl (C=O) groups is 2. The largest absolute Gasteiger partial charge is 0.352 e. The summed E-state index contributed by atoms with van der Waals surface area (Å²) in [5.74, 6) is -0.479. The molecule has 2 rings (SSSR count). The first-order valence-corrected chi connectivity index (χ1v) is 14.5. The summed E-state index contributed by atoms with van der Waals surface area (Å²) >= 11 is 6.34. The summed E-state index contributed by atoms with van der Waals surface area (Å²) in [5, 5.41) is 3.45. The van der Waals surface area contributed by atoms with E-state index in [0.717, 1.165) is 29.4 Å². The van der Waals surface area contributed by atoms with Crippen molar-refractivity contribution in [2.24, 2.45) is 0 Å². The van der Waals surface area contributed by atoms with E-state index in [1.807, 2.05) is 58.0 Å². The molecule has 0 radical (unpaired) electrons. The molecule has 0 fully saturated rings. The minimum Gasteiger partial charge on any atom is -0.352 e. The van der Waals surface area contributed by atoms with Crippen LogP contribution in [0.2, 0.25) is 5.02 Å². The number of rotatable bonds is 12. The Kier molecular flexibility index (Phi) is 10.8. The molecule has 0 bridgehead atoms. The van der Waals surface area contributed by atoms with E-state index < -0.39 is 16.1 Å². The maximum Gasteiger partial charge on any atom is 0.242 e. The van der Waals surface area contributed by atoms with Crippen LogP contribution in [-0.2, 0) is 26.2 Å². The predicted molar refractivity (Wildman–Crippen MR) is 147 cm³/mol. The van der Waals surface area contributed by atoms with Crippen LogP contribution in [0.4, 0.5) is 5.69 Å². The maximum atomic E-state index is 13.4. The van der Waals surface area contributed by atoms with Crippen molar-refractivity contribution in [3.63, 3.8) is 0 Å². The highest BCUT2D eigenvalue weighted by Gasteiger charge is 2.27. The first kappa shape index (κ1) is 29.6. The molecule has 0 aliphatic carbocycles. The fourth-order valence-corrected chi connectivity index (χ4v) is 4.90. The number of amides is 2. The maximum absolute atomic E-state index is 13.4. The fraction of sp³-hybridized carbons (Fsp3) is 0.481. The summed E-state index contributed by atoms with van der Waals surface area (Å²) < 4.78 is 26.3. The van der Waals surface area contributed by atoms with Gasteiger partial charge in [0, 0.05) is 30.6 Å². The molecule has 2 amide bonds. The van der Waals surface area contributed by atoms with Crippen LogP contribution >= 0.6 is 11.6 Å². The van der Waals surface area contributed by atoms with Crippen LogP contribution < -0.4 is 9.62 Å². The monoisotopic (exact) mass is 535 g/mol. The van der Waals surface area contributed by atoms with Gasteiger partial charge < -0.3 is 10.2 Å². The van der Waals surface area contributed by atoms with E-state index in [4.69, 9.17) is 11.6 Å². The Balaban J connectivity index is 2.20. The molecule has 0 aromatic heterocycles. The number of benzene rings is 2. The topological polar surface area (TPSA) is 86.8 Å². The molecule has 36 heavy (non-hydrogen) atoms. The lowest BCUT2D eigenvalue weighted by atomic mass is 10.1. The van der Waals surface area contributed by atoms with Crippen LogP contribution in [-0.4, -0.2) is 50.0 Å². The molecule has 0 saturated heterocycles. The zero-order valence-electron chi connectivity index (χ0n) is 22.0. The Bertz CT molecular complexity index is 1170. The number of anilines is 1.